The third-order valence-electron chi connectivity index (χ3n) is 4.23. The standard InChI is InChI=1S/C16H33NO2/c1-6-17-15(12-18-13(3)4)16(19-7-2)10-8-14(5)9-11-16/h13-15,17H,6-12H2,1-5H3. The molecule has 0 bridgehead atoms. The molecule has 19 heavy (non-hydrogen) atoms. The molecule has 1 rings (SSSR count). The van der Waals surface area contributed by atoms with Gasteiger partial charge in [0.2, 0.25) is 0 Å². The Hall–Kier alpha value is -0.120. The molecule has 0 aliphatic heterocycles. The average molecular weight is 271 g/mol. The van der Waals surface area contributed by atoms with E-state index in [-0.39, 0.29) is 11.7 Å². The molecule has 3 heteroatoms. The van der Waals surface area contributed by atoms with Crippen LogP contribution in [0.4, 0.5) is 0 Å². The quantitative estimate of drug-likeness (QED) is 0.734. The van der Waals surface area contributed by atoms with Crippen LogP contribution in [0.25, 0.3) is 0 Å². The van der Waals surface area contributed by atoms with Crippen molar-refractivity contribution in [1.29, 1.82) is 0 Å². The predicted molar refractivity (Wildman–Crippen MR) is 80.5 cm³/mol. The highest BCUT2D eigenvalue weighted by Gasteiger charge is 2.41. The van der Waals surface area contributed by atoms with Crippen molar-refractivity contribution < 1.29 is 9.47 Å². The number of ether oxygens (including phenoxy) is 2. The Labute approximate surface area is 119 Å². The number of rotatable bonds is 8. The van der Waals surface area contributed by atoms with Gasteiger partial charge >= 0.3 is 0 Å². The van der Waals surface area contributed by atoms with Crippen LogP contribution < -0.4 is 5.32 Å². The van der Waals surface area contributed by atoms with Gasteiger partial charge in [-0.15, -0.1) is 0 Å². The van der Waals surface area contributed by atoms with E-state index in [4.69, 9.17) is 9.47 Å². The van der Waals surface area contributed by atoms with Crippen molar-refractivity contribution in [3.05, 3.63) is 0 Å². The zero-order valence-corrected chi connectivity index (χ0v) is 13.5. The normalized spacial score (nSPS) is 29.7. The Morgan fingerprint density at radius 3 is 2.32 bits per heavy atom. The first kappa shape index (κ1) is 16.9. The zero-order valence-electron chi connectivity index (χ0n) is 13.5. The van der Waals surface area contributed by atoms with E-state index in [9.17, 15) is 0 Å². The number of hydrogen-bond donors (Lipinski definition) is 1. The van der Waals surface area contributed by atoms with Crippen LogP contribution in [0.2, 0.25) is 0 Å². The van der Waals surface area contributed by atoms with Crippen LogP contribution in [0.1, 0.15) is 60.3 Å². The third-order valence-corrected chi connectivity index (χ3v) is 4.23. The highest BCUT2D eigenvalue weighted by atomic mass is 16.5. The van der Waals surface area contributed by atoms with Gasteiger partial charge < -0.3 is 14.8 Å². The minimum atomic E-state index is -0.0217. The lowest BCUT2D eigenvalue weighted by molar-refractivity contribution is -0.114. The second-order valence-corrected chi connectivity index (χ2v) is 6.17. The van der Waals surface area contributed by atoms with Crippen LogP contribution in [-0.2, 0) is 9.47 Å². The molecule has 0 heterocycles. The molecule has 1 unspecified atom stereocenters. The Morgan fingerprint density at radius 2 is 1.84 bits per heavy atom. The summed E-state index contributed by atoms with van der Waals surface area (Å²) in [6.07, 6.45) is 5.12. The van der Waals surface area contributed by atoms with Crippen LogP contribution in [-0.4, -0.2) is 37.5 Å². The summed E-state index contributed by atoms with van der Waals surface area (Å²) < 4.78 is 12.1. The summed E-state index contributed by atoms with van der Waals surface area (Å²) in [6.45, 7) is 13.3. The van der Waals surface area contributed by atoms with Crippen LogP contribution in [0, 0.1) is 5.92 Å². The number of likely N-dealkylation sites (N-methyl/N-ethyl adjacent to an activating group) is 1. The van der Waals surface area contributed by atoms with Crippen LogP contribution >= 0.6 is 0 Å². The first-order valence-electron chi connectivity index (χ1n) is 8.03. The van der Waals surface area contributed by atoms with Gasteiger partial charge in [-0.05, 0) is 58.9 Å². The second-order valence-electron chi connectivity index (χ2n) is 6.17. The van der Waals surface area contributed by atoms with Gasteiger partial charge in [0.05, 0.1) is 24.4 Å². The minimum absolute atomic E-state index is 0.0217. The number of hydrogen-bond acceptors (Lipinski definition) is 3. The fraction of sp³-hybridized carbons (Fsp3) is 1.00. The second kappa shape index (κ2) is 8.23. The average Bonchev–Trinajstić information content (AvgIpc) is 2.37. The fourth-order valence-electron chi connectivity index (χ4n) is 3.06. The van der Waals surface area contributed by atoms with Crippen molar-refractivity contribution in [3.8, 4) is 0 Å². The van der Waals surface area contributed by atoms with Gasteiger partial charge in [0, 0.05) is 6.61 Å². The van der Waals surface area contributed by atoms with Crippen molar-refractivity contribution in [2.45, 2.75) is 78.0 Å². The molecule has 0 saturated heterocycles. The zero-order chi connectivity index (χ0) is 14.3. The van der Waals surface area contributed by atoms with Crippen LogP contribution in [0.15, 0.2) is 0 Å². The molecule has 1 aliphatic carbocycles. The summed E-state index contributed by atoms with van der Waals surface area (Å²) in [6, 6.07) is 0.312. The van der Waals surface area contributed by atoms with E-state index in [1.54, 1.807) is 0 Å². The highest BCUT2D eigenvalue weighted by molar-refractivity contribution is 4.96. The Kier molecular flexibility index (Phi) is 7.33. The van der Waals surface area contributed by atoms with Crippen molar-refractivity contribution in [2.75, 3.05) is 19.8 Å². The molecule has 1 N–H and O–H groups in total. The molecule has 1 aliphatic rings. The highest BCUT2D eigenvalue weighted by Crippen LogP contribution is 2.37. The van der Waals surface area contributed by atoms with Gasteiger partial charge in [-0.2, -0.15) is 0 Å². The van der Waals surface area contributed by atoms with E-state index in [0.717, 1.165) is 38.5 Å². The monoisotopic (exact) mass is 271 g/mol. The maximum absolute atomic E-state index is 6.22. The summed E-state index contributed by atoms with van der Waals surface area (Å²) in [4.78, 5) is 0. The Morgan fingerprint density at radius 1 is 1.21 bits per heavy atom. The molecule has 0 aromatic rings. The summed E-state index contributed by atoms with van der Waals surface area (Å²) in [7, 11) is 0. The van der Waals surface area contributed by atoms with E-state index in [2.05, 4.69) is 39.9 Å². The maximum Gasteiger partial charge on any atom is 0.0857 e. The van der Waals surface area contributed by atoms with Crippen molar-refractivity contribution in [1.82, 2.24) is 5.32 Å². The molecule has 0 aromatic carbocycles. The van der Waals surface area contributed by atoms with E-state index < -0.39 is 0 Å². The van der Waals surface area contributed by atoms with Crippen molar-refractivity contribution >= 4 is 0 Å². The molecule has 1 fully saturated rings. The fourth-order valence-corrected chi connectivity index (χ4v) is 3.06. The molecule has 1 saturated carbocycles. The molecule has 0 amide bonds. The lowest BCUT2D eigenvalue weighted by Crippen LogP contribution is -2.56. The third kappa shape index (κ3) is 5.05. The first-order chi connectivity index (χ1) is 9.04. The van der Waals surface area contributed by atoms with Gasteiger partial charge in [-0.1, -0.05) is 13.8 Å². The van der Waals surface area contributed by atoms with Crippen LogP contribution in [0.5, 0.6) is 0 Å². The summed E-state index contributed by atoms with van der Waals surface area (Å²) >= 11 is 0. The Balaban J connectivity index is 2.72. The van der Waals surface area contributed by atoms with E-state index in [0.29, 0.717) is 6.04 Å². The van der Waals surface area contributed by atoms with Crippen molar-refractivity contribution in [3.63, 3.8) is 0 Å². The van der Waals surface area contributed by atoms with Gasteiger partial charge in [-0.3, -0.25) is 0 Å². The lowest BCUT2D eigenvalue weighted by Gasteiger charge is -2.45. The van der Waals surface area contributed by atoms with E-state index in [1.165, 1.54) is 12.8 Å². The largest absolute Gasteiger partial charge is 0.377 e. The van der Waals surface area contributed by atoms with E-state index >= 15 is 0 Å². The van der Waals surface area contributed by atoms with Gasteiger partial charge in [0.25, 0.3) is 0 Å². The lowest BCUT2D eigenvalue weighted by atomic mass is 9.75. The molecular formula is C16H33NO2. The topological polar surface area (TPSA) is 30.5 Å². The molecule has 0 radical (unpaired) electrons. The predicted octanol–water partition coefficient (Wildman–Crippen LogP) is 3.37. The molecule has 0 aromatic heterocycles. The minimum Gasteiger partial charge on any atom is -0.377 e. The molecule has 0 spiro atoms. The molecular weight excluding hydrogens is 238 g/mol. The summed E-state index contributed by atoms with van der Waals surface area (Å²) in [5, 5.41) is 3.60. The molecule has 114 valence electrons. The Bertz CT molecular complexity index is 235. The van der Waals surface area contributed by atoms with Gasteiger partial charge in [0.15, 0.2) is 0 Å². The SMILES string of the molecule is CCNC(COC(C)C)C1(OCC)CCC(C)CC1. The molecule has 3 nitrogen and oxygen atoms in total. The summed E-state index contributed by atoms with van der Waals surface area (Å²) in [5.74, 6) is 0.835. The van der Waals surface area contributed by atoms with E-state index in [1.807, 2.05) is 0 Å². The smallest absolute Gasteiger partial charge is 0.0857 e. The maximum atomic E-state index is 6.22. The van der Waals surface area contributed by atoms with Crippen LogP contribution in [0.3, 0.4) is 0 Å². The van der Waals surface area contributed by atoms with Gasteiger partial charge in [-0.25, -0.2) is 0 Å². The van der Waals surface area contributed by atoms with Crippen molar-refractivity contribution in [2.24, 2.45) is 5.92 Å². The summed E-state index contributed by atoms with van der Waals surface area (Å²) in [5.41, 5.74) is -0.0217. The number of nitrogens with one attached hydrogen (secondary N) is 1. The first-order valence-corrected chi connectivity index (χ1v) is 8.03. The molecule has 1 atom stereocenters. The van der Waals surface area contributed by atoms with Gasteiger partial charge in [0.1, 0.15) is 0 Å².